The maximum atomic E-state index is 12.4. The van der Waals surface area contributed by atoms with Gasteiger partial charge in [0.05, 0.1) is 14.2 Å². The van der Waals surface area contributed by atoms with Crippen LogP contribution < -0.4 is 14.9 Å². The van der Waals surface area contributed by atoms with Crippen LogP contribution in [0.2, 0.25) is 0 Å². The number of hydrogen-bond acceptors (Lipinski definition) is 7. The summed E-state index contributed by atoms with van der Waals surface area (Å²) >= 11 is 0. The van der Waals surface area contributed by atoms with E-state index in [9.17, 15) is 15.0 Å². The van der Waals surface area contributed by atoms with Crippen LogP contribution in [0.5, 0.6) is 23.0 Å². The minimum Gasteiger partial charge on any atom is -0.504 e. The number of phenolic OH excluding ortho intramolecular Hbond substituents is 1. The molecule has 190 valence electrons. The molecule has 3 heterocycles. The van der Waals surface area contributed by atoms with Crippen LogP contribution in [0.25, 0.3) is 45.0 Å². The molecule has 0 aliphatic rings. The molecule has 0 aliphatic heterocycles. The second kappa shape index (κ2) is 9.09. The van der Waals surface area contributed by atoms with E-state index in [0.717, 1.165) is 16.5 Å². The highest BCUT2D eigenvalue weighted by molar-refractivity contribution is 5.96. The van der Waals surface area contributed by atoms with Gasteiger partial charge in [-0.2, -0.15) is 0 Å². The Balaban J connectivity index is 1.83. The number of aromatic hydroxyl groups is 2. The summed E-state index contributed by atoms with van der Waals surface area (Å²) in [7, 11) is 3.07. The number of fused-ring (bicyclic) bond motifs is 1. The number of hydrogen-bond donors (Lipinski definition) is 3. The van der Waals surface area contributed by atoms with E-state index < -0.39 is 11.2 Å². The van der Waals surface area contributed by atoms with Crippen LogP contribution in [0.3, 0.4) is 0 Å². The molecule has 0 bridgehead atoms. The van der Waals surface area contributed by atoms with E-state index in [0.29, 0.717) is 34.3 Å². The number of aromatic nitrogens is 3. The number of nitrogens with one attached hydrogen (secondary N) is 1. The lowest BCUT2D eigenvalue weighted by atomic mass is 10.1. The number of ether oxygens (including phenoxy) is 2. The van der Waals surface area contributed by atoms with Crippen molar-refractivity contribution in [2.75, 3.05) is 14.2 Å². The third kappa shape index (κ3) is 4.08. The summed E-state index contributed by atoms with van der Waals surface area (Å²) in [5.41, 5.74) is 2.54. The van der Waals surface area contributed by atoms with Crippen molar-refractivity contribution in [2.24, 2.45) is 0 Å². The van der Waals surface area contributed by atoms with Gasteiger partial charge in [-0.15, -0.1) is 0 Å². The van der Waals surface area contributed by atoms with Crippen molar-refractivity contribution >= 4 is 10.9 Å². The number of phenols is 1. The molecule has 2 aromatic carbocycles. The fourth-order valence-electron chi connectivity index (χ4n) is 4.45. The zero-order valence-corrected chi connectivity index (χ0v) is 21.1. The standard InChI is InChI=1S/C28H27N3O6/c1-14(2)31-13-19(18-12-17(35-4)7-8-20(18)31)28-29-24(16-6-9-21(32)23(11-16)36-5)25(30-28)27-26(34)22(33)10-15(3)37-27/h6-14,32,34H,1-5H3,(H,29,30). The van der Waals surface area contributed by atoms with Crippen LogP contribution in [0.4, 0.5) is 0 Å². The quantitative estimate of drug-likeness (QED) is 0.275. The minimum atomic E-state index is -0.565. The van der Waals surface area contributed by atoms with Gasteiger partial charge in [0, 0.05) is 40.3 Å². The zero-order chi connectivity index (χ0) is 26.4. The van der Waals surface area contributed by atoms with Crippen molar-refractivity contribution in [3.05, 3.63) is 64.6 Å². The predicted octanol–water partition coefficient (Wildman–Crippen LogP) is 5.64. The van der Waals surface area contributed by atoms with Crippen molar-refractivity contribution in [1.82, 2.24) is 14.5 Å². The average Bonchev–Trinajstić information content (AvgIpc) is 3.48. The second-order valence-corrected chi connectivity index (χ2v) is 9.02. The van der Waals surface area contributed by atoms with Crippen molar-refractivity contribution in [1.29, 1.82) is 0 Å². The summed E-state index contributed by atoms with van der Waals surface area (Å²) in [6, 6.07) is 12.1. The molecule has 9 heteroatoms. The van der Waals surface area contributed by atoms with E-state index in [1.54, 1.807) is 26.2 Å². The van der Waals surface area contributed by atoms with Crippen LogP contribution in [0.1, 0.15) is 25.6 Å². The Kier molecular flexibility index (Phi) is 5.91. The number of H-pyrrole nitrogens is 1. The molecule has 0 spiro atoms. The summed E-state index contributed by atoms with van der Waals surface area (Å²) in [5, 5.41) is 21.7. The molecule has 3 aromatic heterocycles. The maximum Gasteiger partial charge on any atom is 0.227 e. The SMILES string of the molecule is COc1ccc2c(c1)c(-c1nc(-c3ccc(O)c(OC)c3)c(-c3oc(C)cc(=O)c3O)[nH]1)cn2C(C)C. The van der Waals surface area contributed by atoms with Gasteiger partial charge in [-0.3, -0.25) is 4.79 Å². The molecule has 5 aromatic rings. The van der Waals surface area contributed by atoms with Crippen LogP contribution in [0.15, 0.2) is 57.9 Å². The molecular weight excluding hydrogens is 474 g/mol. The van der Waals surface area contributed by atoms with E-state index >= 15 is 0 Å². The second-order valence-electron chi connectivity index (χ2n) is 9.02. The molecule has 0 fully saturated rings. The molecule has 5 rings (SSSR count). The molecule has 37 heavy (non-hydrogen) atoms. The normalized spacial score (nSPS) is 11.4. The van der Waals surface area contributed by atoms with Crippen molar-refractivity contribution in [3.63, 3.8) is 0 Å². The first-order chi connectivity index (χ1) is 17.7. The molecule has 0 aliphatic carbocycles. The first-order valence-corrected chi connectivity index (χ1v) is 11.7. The molecule has 0 unspecified atom stereocenters. The molecule has 0 radical (unpaired) electrons. The summed E-state index contributed by atoms with van der Waals surface area (Å²) in [4.78, 5) is 20.6. The van der Waals surface area contributed by atoms with Gasteiger partial charge < -0.3 is 33.7 Å². The number of aryl methyl sites for hydroxylation is 1. The molecule has 0 saturated heterocycles. The van der Waals surface area contributed by atoms with Crippen molar-refractivity contribution < 1.29 is 24.1 Å². The van der Waals surface area contributed by atoms with E-state index in [1.165, 1.54) is 19.2 Å². The van der Waals surface area contributed by atoms with Gasteiger partial charge in [0.2, 0.25) is 11.2 Å². The number of methoxy groups -OCH3 is 2. The number of imidazole rings is 1. The number of benzene rings is 2. The fourth-order valence-corrected chi connectivity index (χ4v) is 4.45. The van der Waals surface area contributed by atoms with Gasteiger partial charge in [0.25, 0.3) is 0 Å². The van der Waals surface area contributed by atoms with Crippen LogP contribution in [-0.4, -0.2) is 39.0 Å². The highest BCUT2D eigenvalue weighted by Crippen LogP contribution is 2.41. The fraction of sp³-hybridized carbons (Fsp3) is 0.214. The third-order valence-corrected chi connectivity index (χ3v) is 6.28. The Labute approximate surface area is 212 Å². The highest BCUT2D eigenvalue weighted by Gasteiger charge is 2.24. The Morgan fingerprint density at radius 2 is 1.84 bits per heavy atom. The van der Waals surface area contributed by atoms with E-state index in [4.69, 9.17) is 18.9 Å². The monoisotopic (exact) mass is 501 g/mol. The lowest BCUT2D eigenvalue weighted by molar-refractivity contribution is 0.373. The minimum absolute atomic E-state index is 0.0272. The Hall–Kier alpha value is -4.66. The first kappa shape index (κ1) is 24.1. The maximum absolute atomic E-state index is 12.4. The predicted molar refractivity (Wildman–Crippen MR) is 140 cm³/mol. The van der Waals surface area contributed by atoms with Gasteiger partial charge in [0.1, 0.15) is 28.7 Å². The van der Waals surface area contributed by atoms with Gasteiger partial charge in [-0.05, 0) is 57.2 Å². The van der Waals surface area contributed by atoms with E-state index in [-0.39, 0.29) is 23.3 Å². The molecule has 3 N–H and O–H groups in total. The smallest absolute Gasteiger partial charge is 0.227 e. The third-order valence-electron chi connectivity index (χ3n) is 6.28. The molecule has 0 amide bonds. The number of aromatic amines is 1. The summed E-state index contributed by atoms with van der Waals surface area (Å²) < 4.78 is 18.7. The molecule has 0 atom stereocenters. The van der Waals surface area contributed by atoms with E-state index in [1.807, 2.05) is 24.4 Å². The van der Waals surface area contributed by atoms with Crippen LogP contribution in [-0.2, 0) is 0 Å². The number of rotatable bonds is 6. The number of nitrogens with zero attached hydrogens (tertiary/aromatic N) is 2. The Bertz CT molecular complexity index is 1690. The van der Waals surface area contributed by atoms with Crippen LogP contribution >= 0.6 is 0 Å². The van der Waals surface area contributed by atoms with Gasteiger partial charge in [0.15, 0.2) is 17.3 Å². The van der Waals surface area contributed by atoms with Gasteiger partial charge in [-0.25, -0.2) is 4.98 Å². The summed E-state index contributed by atoms with van der Waals surface area (Å²) in [5.74, 6) is 1.20. The lowest BCUT2D eigenvalue weighted by Crippen LogP contribution is -2.01. The van der Waals surface area contributed by atoms with Crippen LogP contribution in [0, 0.1) is 6.92 Å². The van der Waals surface area contributed by atoms with Gasteiger partial charge >= 0.3 is 0 Å². The first-order valence-electron chi connectivity index (χ1n) is 11.7. The largest absolute Gasteiger partial charge is 0.504 e. The highest BCUT2D eigenvalue weighted by atomic mass is 16.5. The molecular formula is C28H27N3O6. The van der Waals surface area contributed by atoms with Crippen molar-refractivity contribution in [2.45, 2.75) is 26.8 Å². The van der Waals surface area contributed by atoms with Crippen molar-refractivity contribution in [3.8, 4) is 57.1 Å². The Morgan fingerprint density at radius 3 is 2.54 bits per heavy atom. The summed E-state index contributed by atoms with van der Waals surface area (Å²) in [6.07, 6.45) is 2.00. The average molecular weight is 502 g/mol. The molecule has 0 saturated carbocycles. The lowest BCUT2D eigenvalue weighted by Gasteiger charge is -2.09. The van der Waals surface area contributed by atoms with Gasteiger partial charge in [-0.1, -0.05) is 0 Å². The Morgan fingerprint density at radius 1 is 1.05 bits per heavy atom. The van der Waals surface area contributed by atoms with E-state index in [2.05, 4.69) is 23.4 Å². The summed E-state index contributed by atoms with van der Waals surface area (Å²) in [6.45, 7) is 5.82. The molecule has 9 nitrogen and oxygen atoms in total. The topological polar surface area (TPSA) is 123 Å². The zero-order valence-electron chi connectivity index (χ0n) is 21.1.